The van der Waals surface area contributed by atoms with Crippen LogP contribution in [0.1, 0.15) is 39.0 Å². The maximum Gasteiger partial charge on any atom is 0.180 e. The van der Waals surface area contributed by atoms with Gasteiger partial charge >= 0.3 is 0 Å². The molecule has 0 saturated heterocycles. The van der Waals surface area contributed by atoms with E-state index in [0.29, 0.717) is 5.82 Å². The van der Waals surface area contributed by atoms with Gasteiger partial charge in [-0.3, -0.25) is 4.98 Å². The molecule has 1 N–H and O–H groups in total. The van der Waals surface area contributed by atoms with E-state index >= 15 is 0 Å². The van der Waals surface area contributed by atoms with Crippen molar-refractivity contribution in [1.82, 2.24) is 15.0 Å². The molecule has 106 valence electrons. The largest absolute Gasteiger partial charge is 0.373 e. The van der Waals surface area contributed by atoms with E-state index in [2.05, 4.69) is 49.0 Å². The molecule has 0 bridgehead atoms. The van der Waals surface area contributed by atoms with Gasteiger partial charge in [-0.2, -0.15) is 0 Å². The van der Waals surface area contributed by atoms with Crippen molar-refractivity contribution in [3.05, 3.63) is 35.7 Å². The maximum atomic E-state index is 4.72. The molecule has 0 aliphatic carbocycles. The van der Waals surface area contributed by atoms with Crippen LogP contribution in [-0.2, 0) is 11.8 Å². The highest BCUT2D eigenvalue weighted by molar-refractivity contribution is 5.57. The Bertz CT molecular complexity index is 600. The van der Waals surface area contributed by atoms with Gasteiger partial charge in [0.25, 0.3) is 0 Å². The molecule has 0 aromatic carbocycles. The fourth-order valence-corrected chi connectivity index (χ4v) is 1.99. The van der Waals surface area contributed by atoms with Crippen LogP contribution >= 0.6 is 0 Å². The minimum atomic E-state index is -0.0234. The summed E-state index contributed by atoms with van der Waals surface area (Å²) in [6, 6.07) is 6.03. The third-order valence-corrected chi connectivity index (χ3v) is 3.23. The molecule has 20 heavy (non-hydrogen) atoms. The number of nitrogens with one attached hydrogen (secondary N) is 1. The fraction of sp³-hybridized carbons (Fsp3) is 0.438. The molecule has 2 rings (SSSR count). The predicted octanol–water partition coefficient (Wildman–Crippen LogP) is 3.44. The quantitative estimate of drug-likeness (QED) is 0.928. The summed E-state index contributed by atoms with van der Waals surface area (Å²) in [6.07, 6.45) is 2.71. The summed E-state index contributed by atoms with van der Waals surface area (Å²) in [5.41, 5.74) is 3.03. The first-order valence-corrected chi connectivity index (χ1v) is 6.97. The summed E-state index contributed by atoms with van der Waals surface area (Å²) in [5.74, 6) is 1.52. The van der Waals surface area contributed by atoms with Gasteiger partial charge in [0.05, 0.1) is 5.69 Å². The Morgan fingerprint density at radius 2 is 1.95 bits per heavy atom. The molecule has 2 heterocycles. The smallest absolute Gasteiger partial charge is 0.180 e. The Hall–Kier alpha value is -1.97. The Morgan fingerprint density at radius 3 is 2.55 bits per heavy atom. The van der Waals surface area contributed by atoms with E-state index in [1.807, 2.05) is 19.2 Å². The molecule has 2 aromatic heterocycles. The van der Waals surface area contributed by atoms with Crippen LogP contribution in [0.15, 0.2) is 24.4 Å². The van der Waals surface area contributed by atoms with E-state index in [1.54, 1.807) is 6.20 Å². The van der Waals surface area contributed by atoms with Gasteiger partial charge in [-0.25, -0.2) is 9.97 Å². The molecule has 0 amide bonds. The summed E-state index contributed by atoms with van der Waals surface area (Å²) in [7, 11) is 1.87. The number of aryl methyl sites for hydroxylation is 1. The monoisotopic (exact) mass is 270 g/mol. The van der Waals surface area contributed by atoms with Crippen molar-refractivity contribution >= 4 is 5.82 Å². The number of pyridine rings is 1. The Morgan fingerprint density at radius 1 is 1.20 bits per heavy atom. The van der Waals surface area contributed by atoms with Crippen molar-refractivity contribution in [2.24, 2.45) is 0 Å². The highest BCUT2D eigenvalue weighted by Gasteiger charge is 2.19. The van der Waals surface area contributed by atoms with E-state index in [0.717, 1.165) is 23.6 Å². The number of rotatable bonds is 3. The van der Waals surface area contributed by atoms with Crippen molar-refractivity contribution in [2.45, 2.75) is 39.5 Å². The fourth-order valence-electron chi connectivity index (χ4n) is 1.99. The number of aromatic nitrogens is 3. The van der Waals surface area contributed by atoms with Crippen molar-refractivity contribution in [1.29, 1.82) is 0 Å². The molecule has 0 radical (unpaired) electrons. The van der Waals surface area contributed by atoms with Gasteiger partial charge < -0.3 is 5.32 Å². The number of hydrogen-bond donors (Lipinski definition) is 1. The van der Waals surface area contributed by atoms with Gasteiger partial charge in [-0.1, -0.05) is 33.8 Å². The first-order chi connectivity index (χ1) is 9.45. The second kappa shape index (κ2) is 5.57. The zero-order valence-electron chi connectivity index (χ0n) is 12.9. The van der Waals surface area contributed by atoms with E-state index in [1.165, 1.54) is 5.56 Å². The van der Waals surface area contributed by atoms with Crippen molar-refractivity contribution in [3.8, 4) is 11.5 Å². The van der Waals surface area contributed by atoms with Crippen LogP contribution in [0.2, 0.25) is 0 Å². The van der Waals surface area contributed by atoms with E-state index in [9.17, 15) is 0 Å². The molecule has 2 aromatic rings. The highest BCUT2D eigenvalue weighted by Crippen LogP contribution is 2.26. The standard InChI is InChI=1S/C16H22N4/c1-6-11-8-7-9-18-14(11)15-19-12(16(2,3)4)10-13(17-5)20-15/h7-10H,6H2,1-5H3,(H,17,19,20). The third-order valence-electron chi connectivity index (χ3n) is 3.23. The summed E-state index contributed by atoms with van der Waals surface area (Å²) < 4.78 is 0. The number of hydrogen-bond acceptors (Lipinski definition) is 4. The molecule has 0 saturated carbocycles. The minimum absolute atomic E-state index is 0.0234. The van der Waals surface area contributed by atoms with E-state index in [-0.39, 0.29) is 5.41 Å². The molecular weight excluding hydrogens is 248 g/mol. The normalized spacial score (nSPS) is 11.4. The molecular formula is C16H22N4. The number of nitrogens with zero attached hydrogens (tertiary/aromatic N) is 3. The topological polar surface area (TPSA) is 50.7 Å². The van der Waals surface area contributed by atoms with Crippen molar-refractivity contribution in [2.75, 3.05) is 12.4 Å². The lowest BCUT2D eigenvalue weighted by Gasteiger charge is -2.19. The molecule has 4 nitrogen and oxygen atoms in total. The minimum Gasteiger partial charge on any atom is -0.373 e. The van der Waals surface area contributed by atoms with Crippen LogP contribution in [0, 0.1) is 0 Å². The average molecular weight is 270 g/mol. The van der Waals surface area contributed by atoms with Gasteiger partial charge in [-0.05, 0) is 18.1 Å². The van der Waals surface area contributed by atoms with Crippen molar-refractivity contribution in [3.63, 3.8) is 0 Å². The summed E-state index contributed by atoms with van der Waals surface area (Å²) in [6.45, 7) is 8.57. The molecule has 0 fully saturated rings. The predicted molar refractivity (Wildman–Crippen MR) is 82.9 cm³/mol. The Balaban J connectivity index is 2.62. The zero-order valence-corrected chi connectivity index (χ0v) is 12.9. The van der Waals surface area contributed by atoms with Gasteiger partial charge in [-0.15, -0.1) is 0 Å². The highest BCUT2D eigenvalue weighted by atomic mass is 15.0. The second-order valence-electron chi connectivity index (χ2n) is 5.83. The molecule has 0 unspecified atom stereocenters. The summed E-state index contributed by atoms with van der Waals surface area (Å²) >= 11 is 0. The molecule has 0 aliphatic heterocycles. The lowest BCUT2D eigenvalue weighted by Crippen LogP contribution is -2.15. The van der Waals surface area contributed by atoms with Gasteiger partial charge in [0, 0.05) is 24.7 Å². The van der Waals surface area contributed by atoms with E-state index in [4.69, 9.17) is 4.98 Å². The van der Waals surface area contributed by atoms with Crippen LogP contribution in [0.3, 0.4) is 0 Å². The molecule has 4 heteroatoms. The summed E-state index contributed by atoms with van der Waals surface area (Å²) in [5, 5.41) is 3.11. The lowest BCUT2D eigenvalue weighted by molar-refractivity contribution is 0.568. The maximum absolute atomic E-state index is 4.72. The SMILES string of the molecule is CCc1cccnc1-c1nc(NC)cc(C(C)(C)C)n1. The molecule has 0 atom stereocenters. The Labute approximate surface area is 120 Å². The first-order valence-electron chi connectivity index (χ1n) is 6.97. The lowest BCUT2D eigenvalue weighted by atomic mass is 9.92. The van der Waals surface area contributed by atoms with Crippen LogP contribution in [0.4, 0.5) is 5.82 Å². The Kier molecular flexibility index (Phi) is 4.02. The molecule has 0 aliphatic rings. The van der Waals surface area contributed by atoms with Gasteiger partial charge in [0.2, 0.25) is 0 Å². The average Bonchev–Trinajstić information content (AvgIpc) is 2.45. The number of anilines is 1. The van der Waals surface area contributed by atoms with Crippen LogP contribution in [0.5, 0.6) is 0 Å². The first kappa shape index (κ1) is 14.4. The van der Waals surface area contributed by atoms with Crippen LogP contribution in [0.25, 0.3) is 11.5 Å². The zero-order chi connectivity index (χ0) is 14.8. The van der Waals surface area contributed by atoms with Gasteiger partial charge in [0.15, 0.2) is 5.82 Å². The molecule has 0 spiro atoms. The second-order valence-corrected chi connectivity index (χ2v) is 5.83. The summed E-state index contributed by atoms with van der Waals surface area (Å²) in [4.78, 5) is 13.7. The van der Waals surface area contributed by atoms with Crippen LogP contribution in [-0.4, -0.2) is 22.0 Å². The van der Waals surface area contributed by atoms with Crippen molar-refractivity contribution < 1.29 is 0 Å². The van der Waals surface area contributed by atoms with Crippen LogP contribution < -0.4 is 5.32 Å². The van der Waals surface area contributed by atoms with Gasteiger partial charge in [0.1, 0.15) is 11.5 Å². The van der Waals surface area contributed by atoms with E-state index < -0.39 is 0 Å². The third kappa shape index (κ3) is 2.95.